The van der Waals surface area contributed by atoms with Gasteiger partial charge in [0.25, 0.3) is 0 Å². The van der Waals surface area contributed by atoms with Crippen LogP contribution < -0.4 is 5.32 Å². The summed E-state index contributed by atoms with van der Waals surface area (Å²) in [4.78, 5) is 2.37. The van der Waals surface area contributed by atoms with Crippen LogP contribution >= 0.6 is 0 Å². The van der Waals surface area contributed by atoms with Crippen LogP contribution in [-0.4, -0.2) is 31.1 Å². The van der Waals surface area contributed by atoms with E-state index in [4.69, 9.17) is 0 Å². The lowest BCUT2D eigenvalue weighted by molar-refractivity contribution is 0.231. The molecule has 0 spiro atoms. The highest BCUT2D eigenvalue weighted by Crippen LogP contribution is 2.25. The summed E-state index contributed by atoms with van der Waals surface area (Å²) < 4.78 is 27.4. The zero-order chi connectivity index (χ0) is 15.2. The van der Waals surface area contributed by atoms with E-state index in [9.17, 15) is 8.78 Å². The summed E-state index contributed by atoms with van der Waals surface area (Å²) in [6, 6.07) is 4.96. The number of nitrogens with zero attached hydrogens (tertiary/aromatic N) is 1. The molecular weight excluding hydrogens is 270 g/mol. The van der Waals surface area contributed by atoms with Crippen LogP contribution in [0.3, 0.4) is 0 Å². The Morgan fingerprint density at radius 2 is 2.00 bits per heavy atom. The van der Waals surface area contributed by atoms with E-state index < -0.39 is 11.6 Å². The van der Waals surface area contributed by atoms with E-state index in [1.165, 1.54) is 31.7 Å². The SMILES string of the molecule is CCNC(CCN(C)C1CCCC1)c1cccc(F)c1F. The summed E-state index contributed by atoms with van der Waals surface area (Å²) >= 11 is 0. The van der Waals surface area contributed by atoms with Gasteiger partial charge in [-0.3, -0.25) is 0 Å². The summed E-state index contributed by atoms with van der Waals surface area (Å²) in [5.74, 6) is -1.48. The average molecular weight is 296 g/mol. The van der Waals surface area contributed by atoms with Crippen molar-refractivity contribution in [2.75, 3.05) is 20.1 Å². The number of benzene rings is 1. The Bertz CT molecular complexity index is 444. The summed E-state index contributed by atoms with van der Waals surface area (Å²) in [6.07, 6.45) is 5.93. The van der Waals surface area contributed by atoms with Gasteiger partial charge in [-0.15, -0.1) is 0 Å². The van der Waals surface area contributed by atoms with Crippen molar-refractivity contribution in [3.05, 3.63) is 35.4 Å². The minimum absolute atomic E-state index is 0.130. The van der Waals surface area contributed by atoms with Crippen LogP contribution in [0.4, 0.5) is 8.78 Å². The van der Waals surface area contributed by atoms with Gasteiger partial charge >= 0.3 is 0 Å². The number of nitrogens with one attached hydrogen (secondary N) is 1. The molecule has 1 unspecified atom stereocenters. The molecule has 0 aliphatic heterocycles. The van der Waals surface area contributed by atoms with E-state index in [1.54, 1.807) is 12.1 Å². The Kier molecular flexibility index (Phi) is 6.12. The Hall–Kier alpha value is -1.00. The molecule has 1 aliphatic carbocycles. The molecule has 118 valence electrons. The van der Waals surface area contributed by atoms with Gasteiger partial charge in [0.1, 0.15) is 0 Å². The second-order valence-corrected chi connectivity index (χ2v) is 5.96. The van der Waals surface area contributed by atoms with Gasteiger partial charge < -0.3 is 10.2 Å². The van der Waals surface area contributed by atoms with Crippen LogP contribution in [-0.2, 0) is 0 Å². The molecule has 0 amide bonds. The quantitative estimate of drug-likeness (QED) is 0.821. The van der Waals surface area contributed by atoms with Crippen molar-refractivity contribution in [2.45, 2.75) is 51.1 Å². The number of rotatable bonds is 7. The molecule has 2 rings (SSSR count). The predicted octanol–water partition coefficient (Wildman–Crippen LogP) is 3.88. The van der Waals surface area contributed by atoms with Gasteiger partial charge in [-0.2, -0.15) is 0 Å². The smallest absolute Gasteiger partial charge is 0.163 e. The fraction of sp³-hybridized carbons (Fsp3) is 0.647. The maximum atomic E-state index is 14.0. The van der Waals surface area contributed by atoms with Gasteiger partial charge in [0.05, 0.1) is 0 Å². The van der Waals surface area contributed by atoms with Crippen molar-refractivity contribution in [3.8, 4) is 0 Å². The van der Waals surface area contributed by atoms with E-state index in [1.807, 2.05) is 6.92 Å². The first-order valence-electron chi connectivity index (χ1n) is 8.01. The minimum Gasteiger partial charge on any atom is -0.310 e. The zero-order valence-electron chi connectivity index (χ0n) is 13.0. The van der Waals surface area contributed by atoms with Gasteiger partial charge in [0, 0.05) is 17.6 Å². The lowest BCUT2D eigenvalue weighted by Gasteiger charge is -2.27. The van der Waals surface area contributed by atoms with E-state index in [-0.39, 0.29) is 6.04 Å². The molecule has 1 atom stereocenters. The Morgan fingerprint density at radius 1 is 1.29 bits per heavy atom. The molecule has 0 radical (unpaired) electrons. The van der Waals surface area contributed by atoms with Crippen molar-refractivity contribution in [1.29, 1.82) is 0 Å². The molecule has 1 aliphatic rings. The van der Waals surface area contributed by atoms with Gasteiger partial charge in [0.2, 0.25) is 0 Å². The largest absolute Gasteiger partial charge is 0.310 e. The predicted molar refractivity (Wildman–Crippen MR) is 82.3 cm³/mol. The molecule has 1 aromatic rings. The van der Waals surface area contributed by atoms with Crippen molar-refractivity contribution in [3.63, 3.8) is 0 Å². The monoisotopic (exact) mass is 296 g/mol. The summed E-state index contributed by atoms with van der Waals surface area (Å²) in [7, 11) is 2.14. The van der Waals surface area contributed by atoms with Crippen LogP contribution in [0, 0.1) is 11.6 Å². The minimum atomic E-state index is -0.764. The Labute approximate surface area is 126 Å². The second-order valence-electron chi connectivity index (χ2n) is 5.96. The van der Waals surface area contributed by atoms with E-state index in [0.29, 0.717) is 11.6 Å². The second kappa shape index (κ2) is 7.85. The van der Waals surface area contributed by atoms with Crippen LogP contribution in [0.25, 0.3) is 0 Å². The van der Waals surface area contributed by atoms with Crippen molar-refractivity contribution >= 4 is 0 Å². The summed E-state index contributed by atoms with van der Waals surface area (Å²) in [5, 5.41) is 3.28. The van der Waals surface area contributed by atoms with Crippen molar-refractivity contribution < 1.29 is 8.78 Å². The lowest BCUT2D eigenvalue weighted by Crippen LogP contribution is -2.33. The summed E-state index contributed by atoms with van der Waals surface area (Å²) in [6.45, 7) is 3.64. The normalized spacial score (nSPS) is 17.6. The van der Waals surface area contributed by atoms with Crippen LogP contribution in [0.2, 0.25) is 0 Å². The molecule has 2 nitrogen and oxygen atoms in total. The number of hydrogen-bond donors (Lipinski definition) is 1. The third kappa shape index (κ3) is 4.24. The van der Waals surface area contributed by atoms with E-state index >= 15 is 0 Å². The highest BCUT2D eigenvalue weighted by Gasteiger charge is 2.22. The molecule has 0 bridgehead atoms. The van der Waals surface area contributed by atoms with E-state index in [0.717, 1.165) is 19.5 Å². The molecular formula is C17H26F2N2. The first-order chi connectivity index (χ1) is 10.1. The highest BCUT2D eigenvalue weighted by atomic mass is 19.2. The molecule has 0 aromatic heterocycles. The summed E-state index contributed by atoms with van der Waals surface area (Å²) in [5.41, 5.74) is 0.441. The molecule has 0 saturated heterocycles. The van der Waals surface area contributed by atoms with Crippen LogP contribution in [0.15, 0.2) is 18.2 Å². The highest BCUT2D eigenvalue weighted by molar-refractivity contribution is 5.22. The molecule has 0 heterocycles. The van der Waals surface area contributed by atoms with Gasteiger partial charge in [-0.25, -0.2) is 8.78 Å². The van der Waals surface area contributed by atoms with Gasteiger partial charge in [0.15, 0.2) is 11.6 Å². The van der Waals surface area contributed by atoms with Crippen LogP contribution in [0.5, 0.6) is 0 Å². The third-order valence-corrected chi connectivity index (χ3v) is 4.53. The van der Waals surface area contributed by atoms with E-state index in [2.05, 4.69) is 17.3 Å². The molecule has 1 aromatic carbocycles. The number of hydrogen-bond acceptors (Lipinski definition) is 2. The molecule has 1 saturated carbocycles. The third-order valence-electron chi connectivity index (χ3n) is 4.53. The van der Waals surface area contributed by atoms with Gasteiger partial charge in [-0.05, 0) is 45.5 Å². The first kappa shape index (κ1) is 16.4. The van der Waals surface area contributed by atoms with Gasteiger partial charge in [-0.1, -0.05) is 31.9 Å². The molecule has 4 heteroatoms. The fourth-order valence-corrected chi connectivity index (χ4v) is 3.26. The lowest BCUT2D eigenvalue weighted by atomic mass is 10.0. The van der Waals surface area contributed by atoms with Crippen molar-refractivity contribution in [1.82, 2.24) is 10.2 Å². The fourth-order valence-electron chi connectivity index (χ4n) is 3.26. The molecule has 21 heavy (non-hydrogen) atoms. The average Bonchev–Trinajstić information content (AvgIpc) is 3.00. The Morgan fingerprint density at radius 3 is 2.67 bits per heavy atom. The van der Waals surface area contributed by atoms with Crippen molar-refractivity contribution in [2.24, 2.45) is 0 Å². The maximum absolute atomic E-state index is 14.0. The molecule has 1 N–H and O–H groups in total. The maximum Gasteiger partial charge on any atom is 0.163 e. The Balaban J connectivity index is 1.99. The topological polar surface area (TPSA) is 15.3 Å². The standard InChI is InChI=1S/C17H26F2N2/c1-3-20-16(14-9-6-10-15(18)17(14)19)11-12-21(2)13-7-4-5-8-13/h6,9-10,13,16,20H,3-5,7-8,11-12H2,1-2H3. The first-order valence-corrected chi connectivity index (χ1v) is 8.01. The number of halogens is 2. The van der Waals surface area contributed by atoms with Crippen LogP contribution in [0.1, 0.15) is 50.6 Å². The zero-order valence-corrected chi connectivity index (χ0v) is 13.0. The molecule has 1 fully saturated rings.